The van der Waals surface area contributed by atoms with Crippen LogP contribution in [0.5, 0.6) is 5.88 Å². The van der Waals surface area contributed by atoms with Gasteiger partial charge in [0, 0.05) is 12.1 Å². The van der Waals surface area contributed by atoms with Gasteiger partial charge >= 0.3 is 11.9 Å². The fourth-order valence-corrected chi connectivity index (χ4v) is 3.44. The fourth-order valence-electron chi connectivity index (χ4n) is 3.44. The van der Waals surface area contributed by atoms with Crippen LogP contribution in [-0.4, -0.2) is 38.2 Å². The van der Waals surface area contributed by atoms with Gasteiger partial charge in [0.15, 0.2) is 0 Å². The number of nitrogens with one attached hydrogen (secondary N) is 1. The zero-order valence-corrected chi connectivity index (χ0v) is 15.0. The van der Waals surface area contributed by atoms with Gasteiger partial charge < -0.3 is 10.0 Å². The van der Waals surface area contributed by atoms with Crippen molar-refractivity contribution < 1.29 is 23.1 Å². The third kappa shape index (κ3) is 3.89. The lowest BCUT2D eigenvalue weighted by Crippen LogP contribution is -2.34. The first-order chi connectivity index (χ1) is 13.7. The molecule has 0 bridgehead atoms. The number of fused-ring (bicyclic) bond motifs is 1. The van der Waals surface area contributed by atoms with E-state index in [9.17, 15) is 27.9 Å². The summed E-state index contributed by atoms with van der Waals surface area (Å²) in [4.78, 5) is 26.8. The Bertz CT molecular complexity index is 1130. The number of aromatic hydroxyl groups is 1. The van der Waals surface area contributed by atoms with Crippen molar-refractivity contribution in [1.82, 2.24) is 14.5 Å². The van der Waals surface area contributed by atoms with Crippen LogP contribution >= 0.6 is 0 Å². The molecule has 9 heteroatoms. The molecule has 2 aromatic carbocycles. The van der Waals surface area contributed by atoms with Crippen LogP contribution in [0.25, 0.3) is 11.1 Å². The Balaban J connectivity index is 1.53. The van der Waals surface area contributed by atoms with Gasteiger partial charge in [0.2, 0.25) is 5.88 Å². The molecule has 0 aliphatic carbocycles. The minimum absolute atomic E-state index is 0.0699. The molecule has 0 saturated heterocycles. The maximum atomic E-state index is 12.6. The Morgan fingerprint density at radius 3 is 2.34 bits per heavy atom. The SMILES string of the molecule is O=C1c2ccc(-c3ccc(Cn4cc(O)[nH]c4=O)cc3)cc2CN1CC(F)(F)F. The van der Waals surface area contributed by atoms with Crippen molar-refractivity contribution in [3.63, 3.8) is 0 Å². The summed E-state index contributed by atoms with van der Waals surface area (Å²) in [6.07, 6.45) is -3.13. The number of carbonyl (C=O) groups excluding carboxylic acids is 1. The van der Waals surface area contributed by atoms with Gasteiger partial charge in [-0.3, -0.25) is 14.3 Å². The summed E-state index contributed by atoms with van der Waals surface area (Å²) in [5.41, 5.74) is 2.90. The summed E-state index contributed by atoms with van der Waals surface area (Å²) in [5.74, 6) is -0.821. The monoisotopic (exact) mass is 403 g/mol. The van der Waals surface area contributed by atoms with Crippen molar-refractivity contribution >= 4 is 5.91 Å². The van der Waals surface area contributed by atoms with Crippen molar-refractivity contribution in [3.05, 3.63) is 75.8 Å². The van der Waals surface area contributed by atoms with Crippen LogP contribution in [-0.2, 0) is 13.1 Å². The number of nitrogens with zero attached hydrogens (tertiary/aromatic N) is 2. The fraction of sp³-hybridized carbons (Fsp3) is 0.200. The number of rotatable bonds is 4. The molecule has 3 aromatic rings. The second-order valence-corrected chi connectivity index (χ2v) is 6.92. The van der Waals surface area contributed by atoms with E-state index in [0.29, 0.717) is 11.1 Å². The third-order valence-electron chi connectivity index (χ3n) is 4.77. The summed E-state index contributed by atoms with van der Waals surface area (Å²) < 4.78 is 39.2. The van der Waals surface area contributed by atoms with Gasteiger partial charge in [0.25, 0.3) is 5.91 Å². The molecule has 1 aromatic heterocycles. The predicted octanol–water partition coefficient (Wildman–Crippen LogP) is 3.12. The molecule has 150 valence electrons. The topological polar surface area (TPSA) is 78.3 Å². The molecule has 0 radical (unpaired) electrons. The smallest absolute Gasteiger partial charge is 0.406 e. The molecule has 1 aliphatic heterocycles. The van der Waals surface area contributed by atoms with E-state index in [1.165, 1.54) is 10.8 Å². The van der Waals surface area contributed by atoms with E-state index < -0.39 is 24.3 Å². The summed E-state index contributed by atoms with van der Waals surface area (Å²) in [6.45, 7) is -1.06. The van der Waals surface area contributed by atoms with Gasteiger partial charge in [0.05, 0.1) is 12.7 Å². The molecule has 2 N–H and O–H groups in total. The van der Waals surface area contributed by atoms with Crippen molar-refractivity contribution in [2.45, 2.75) is 19.3 Å². The van der Waals surface area contributed by atoms with Crippen molar-refractivity contribution in [2.24, 2.45) is 0 Å². The number of hydrogen-bond donors (Lipinski definition) is 2. The van der Waals surface area contributed by atoms with Crippen LogP contribution in [0.2, 0.25) is 0 Å². The summed E-state index contributed by atoms with van der Waals surface area (Å²) in [5, 5.41) is 9.32. The number of alkyl halides is 3. The number of aromatic amines is 1. The molecule has 0 unspecified atom stereocenters. The highest BCUT2D eigenvalue weighted by Crippen LogP contribution is 2.30. The van der Waals surface area contributed by atoms with E-state index >= 15 is 0 Å². The molecule has 6 nitrogen and oxygen atoms in total. The van der Waals surface area contributed by atoms with E-state index in [4.69, 9.17) is 0 Å². The lowest BCUT2D eigenvalue weighted by molar-refractivity contribution is -0.140. The van der Waals surface area contributed by atoms with Crippen molar-refractivity contribution in [1.29, 1.82) is 0 Å². The van der Waals surface area contributed by atoms with E-state index in [0.717, 1.165) is 21.6 Å². The quantitative estimate of drug-likeness (QED) is 0.703. The first-order valence-corrected chi connectivity index (χ1v) is 8.76. The van der Waals surface area contributed by atoms with Gasteiger partial charge in [0.1, 0.15) is 6.54 Å². The summed E-state index contributed by atoms with van der Waals surface area (Å²) in [7, 11) is 0. The largest absolute Gasteiger partial charge is 0.493 e. The van der Waals surface area contributed by atoms with Crippen LogP contribution < -0.4 is 5.69 Å². The number of benzene rings is 2. The van der Waals surface area contributed by atoms with Gasteiger partial charge in [-0.1, -0.05) is 30.3 Å². The normalized spacial score (nSPS) is 13.8. The first-order valence-electron chi connectivity index (χ1n) is 8.76. The second-order valence-electron chi connectivity index (χ2n) is 6.92. The molecule has 2 heterocycles. The number of imidazole rings is 1. The number of H-pyrrole nitrogens is 1. The van der Waals surface area contributed by atoms with Crippen LogP contribution in [0.15, 0.2) is 53.5 Å². The number of amides is 1. The van der Waals surface area contributed by atoms with Crippen LogP contribution in [0.1, 0.15) is 21.5 Å². The van der Waals surface area contributed by atoms with E-state index in [1.807, 2.05) is 24.3 Å². The molecule has 0 fully saturated rings. The lowest BCUT2D eigenvalue weighted by Gasteiger charge is -2.17. The Kier molecular flexibility index (Phi) is 4.45. The minimum atomic E-state index is -4.44. The number of carbonyl (C=O) groups is 1. The third-order valence-corrected chi connectivity index (χ3v) is 4.77. The molecule has 1 amide bonds. The second kappa shape index (κ2) is 6.84. The van der Waals surface area contributed by atoms with Crippen molar-refractivity contribution in [3.8, 4) is 17.0 Å². The molecule has 0 atom stereocenters. The lowest BCUT2D eigenvalue weighted by atomic mass is 9.99. The summed E-state index contributed by atoms with van der Waals surface area (Å²) in [6, 6.07) is 12.3. The Hall–Kier alpha value is -3.49. The van der Waals surface area contributed by atoms with Crippen LogP contribution in [0.4, 0.5) is 13.2 Å². The molecular weight excluding hydrogens is 387 g/mol. The first kappa shape index (κ1) is 18.9. The highest BCUT2D eigenvalue weighted by Gasteiger charge is 2.37. The zero-order valence-electron chi connectivity index (χ0n) is 15.0. The maximum Gasteiger partial charge on any atom is 0.406 e. The van der Waals surface area contributed by atoms with Gasteiger partial charge in [-0.15, -0.1) is 0 Å². The molecule has 0 saturated carbocycles. The standard InChI is InChI=1S/C20H16F3N3O3/c21-20(22,23)11-26-9-15-7-14(5-6-16(15)18(26)28)13-3-1-12(2-4-13)8-25-10-17(27)24-19(25)29/h1-7,10,27H,8-9,11H2,(H,24,29). The number of aromatic nitrogens is 2. The molecule has 1 aliphatic rings. The molecule has 4 rings (SSSR count). The minimum Gasteiger partial charge on any atom is -0.493 e. The number of halogens is 3. The van der Waals surface area contributed by atoms with Gasteiger partial charge in [-0.25, -0.2) is 4.79 Å². The van der Waals surface area contributed by atoms with Crippen LogP contribution in [0.3, 0.4) is 0 Å². The molecule has 0 spiro atoms. The number of hydrogen-bond acceptors (Lipinski definition) is 3. The van der Waals surface area contributed by atoms with E-state index in [-0.39, 0.29) is 19.0 Å². The zero-order chi connectivity index (χ0) is 20.8. The summed E-state index contributed by atoms with van der Waals surface area (Å²) >= 11 is 0. The Labute approximate surface area is 162 Å². The maximum absolute atomic E-state index is 12.6. The molecular formula is C20H16F3N3O3. The Morgan fingerprint density at radius 1 is 1.03 bits per heavy atom. The van der Waals surface area contributed by atoms with Crippen LogP contribution in [0, 0.1) is 0 Å². The Morgan fingerprint density at radius 2 is 1.72 bits per heavy atom. The highest BCUT2D eigenvalue weighted by molar-refractivity contribution is 5.99. The van der Waals surface area contributed by atoms with Crippen molar-refractivity contribution in [2.75, 3.05) is 6.54 Å². The average Bonchev–Trinajstić information content (AvgIpc) is 3.12. The van der Waals surface area contributed by atoms with E-state index in [1.54, 1.807) is 18.2 Å². The van der Waals surface area contributed by atoms with Gasteiger partial charge in [-0.2, -0.15) is 13.2 Å². The van der Waals surface area contributed by atoms with Gasteiger partial charge in [-0.05, 0) is 34.4 Å². The average molecular weight is 403 g/mol. The predicted molar refractivity (Wildman–Crippen MR) is 98.5 cm³/mol. The highest BCUT2D eigenvalue weighted by atomic mass is 19.4. The molecule has 29 heavy (non-hydrogen) atoms. The van der Waals surface area contributed by atoms with E-state index in [2.05, 4.69) is 4.98 Å².